The van der Waals surface area contributed by atoms with Gasteiger partial charge in [0.25, 0.3) is 0 Å². The van der Waals surface area contributed by atoms with Gasteiger partial charge in [0.1, 0.15) is 5.03 Å². The van der Waals surface area contributed by atoms with Gasteiger partial charge in [-0.25, -0.2) is 4.98 Å². The average molecular weight is 331 g/mol. The van der Waals surface area contributed by atoms with Crippen LogP contribution in [0.4, 0.5) is 0 Å². The summed E-state index contributed by atoms with van der Waals surface area (Å²) in [6.45, 7) is 5.62. The topological polar surface area (TPSA) is 24.9 Å². The standard InChI is InChI=1S/C14H23BrN2S/c1-3-9-16-12(2)7-4-5-11-18-14-13(15)8-6-10-17-14/h6,8,10,12,16H,3-5,7,9,11H2,1-2H3. The van der Waals surface area contributed by atoms with Crippen LogP contribution in [0.3, 0.4) is 0 Å². The van der Waals surface area contributed by atoms with Gasteiger partial charge in [0.05, 0.1) is 0 Å². The molecule has 0 saturated carbocycles. The molecular weight excluding hydrogens is 308 g/mol. The van der Waals surface area contributed by atoms with Gasteiger partial charge >= 0.3 is 0 Å². The lowest BCUT2D eigenvalue weighted by Crippen LogP contribution is -2.26. The maximum atomic E-state index is 4.36. The van der Waals surface area contributed by atoms with E-state index in [1.165, 1.54) is 25.7 Å². The first kappa shape index (κ1) is 16.0. The molecule has 0 saturated heterocycles. The Hall–Kier alpha value is -0.0600. The van der Waals surface area contributed by atoms with Crippen molar-refractivity contribution < 1.29 is 0 Å². The van der Waals surface area contributed by atoms with Crippen LogP contribution < -0.4 is 5.32 Å². The van der Waals surface area contributed by atoms with Crippen molar-refractivity contribution in [2.75, 3.05) is 12.3 Å². The molecule has 0 aliphatic heterocycles. The molecule has 0 spiro atoms. The highest BCUT2D eigenvalue weighted by Crippen LogP contribution is 2.25. The summed E-state index contributed by atoms with van der Waals surface area (Å²) in [6, 6.07) is 4.65. The van der Waals surface area contributed by atoms with Crippen molar-refractivity contribution in [3.63, 3.8) is 0 Å². The van der Waals surface area contributed by atoms with Gasteiger partial charge in [-0.3, -0.25) is 0 Å². The van der Waals surface area contributed by atoms with Crippen LogP contribution in [0, 0.1) is 0 Å². The Balaban J connectivity index is 2.07. The molecule has 1 aromatic heterocycles. The van der Waals surface area contributed by atoms with Crippen LogP contribution in [-0.4, -0.2) is 23.3 Å². The van der Waals surface area contributed by atoms with E-state index in [0.717, 1.165) is 21.8 Å². The van der Waals surface area contributed by atoms with E-state index < -0.39 is 0 Å². The molecule has 1 heterocycles. The second kappa shape index (κ2) is 9.82. The lowest BCUT2D eigenvalue weighted by atomic mass is 10.1. The molecule has 1 unspecified atom stereocenters. The fourth-order valence-corrected chi connectivity index (χ4v) is 3.17. The molecule has 102 valence electrons. The third-order valence-corrected chi connectivity index (χ3v) is 4.73. The van der Waals surface area contributed by atoms with Crippen LogP contribution in [0.5, 0.6) is 0 Å². The highest BCUT2D eigenvalue weighted by Gasteiger charge is 2.02. The molecule has 0 radical (unpaired) electrons. The van der Waals surface area contributed by atoms with Crippen molar-refractivity contribution in [2.24, 2.45) is 0 Å². The zero-order valence-electron chi connectivity index (χ0n) is 11.3. The van der Waals surface area contributed by atoms with E-state index in [0.29, 0.717) is 6.04 Å². The van der Waals surface area contributed by atoms with E-state index in [4.69, 9.17) is 0 Å². The van der Waals surface area contributed by atoms with Gasteiger partial charge in [0, 0.05) is 16.7 Å². The highest BCUT2D eigenvalue weighted by atomic mass is 79.9. The Labute approximate surface area is 123 Å². The third-order valence-electron chi connectivity index (χ3n) is 2.74. The fourth-order valence-electron chi connectivity index (χ4n) is 1.69. The molecule has 0 bridgehead atoms. The summed E-state index contributed by atoms with van der Waals surface area (Å²) < 4.78 is 1.10. The van der Waals surface area contributed by atoms with Crippen molar-refractivity contribution in [1.82, 2.24) is 10.3 Å². The van der Waals surface area contributed by atoms with E-state index in [-0.39, 0.29) is 0 Å². The van der Waals surface area contributed by atoms with Gasteiger partial charge in [0.15, 0.2) is 0 Å². The number of hydrogen-bond donors (Lipinski definition) is 1. The molecule has 0 aliphatic carbocycles. The van der Waals surface area contributed by atoms with Crippen LogP contribution in [-0.2, 0) is 0 Å². The summed E-state index contributed by atoms with van der Waals surface area (Å²) in [7, 11) is 0. The number of nitrogens with zero attached hydrogens (tertiary/aromatic N) is 1. The lowest BCUT2D eigenvalue weighted by Gasteiger charge is -2.12. The smallest absolute Gasteiger partial charge is 0.110 e. The largest absolute Gasteiger partial charge is 0.314 e. The number of pyridine rings is 1. The minimum Gasteiger partial charge on any atom is -0.314 e. The molecule has 1 N–H and O–H groups in total. The molecule has 1 aromatic rings. The number of unbranched alkanes of at least 4 members (excludes halogenated alkanes) is 1. The number of aromatic nitrogens is 1. The summed E-state index contributed by atoms with van der Waals surface area (Å²) in [5.74, 6) is 1.15. The van der Waals surface area contributed by atoms with Crippen molar-refractivity contribution in [3.05, 3.63) is 22.8 Å². The number of rotatable bonds is 9. The Morgan fingerprint density at radius 3 is 3.00 bits per heavy atom. The highest BCUT2D eigenvalue weighted by molar-refractivity contribution is 9.10. The Kier molecular flexibility index (Phi) is 8.72. The number of nitrogens with one attached hydrogen (secondary N) is 1. The monoisotopic (exact) mass is 330 g/mol. The first-order chi connectivity index (χ1) is 8.74. The molecule has 0 fully saturated rings. The van der Waals surface area contributed by atoms with Crippen LogP contribution in [0.1, 0.15) is 39.5 Å². The van der Waals surface area contributed by atoms with Crippen LogP contribution >= 0.6 is 27.7 Å². The van der Waals surface area contributed by atoms with Gasteiger partial charge < -0.3 is 5.32 Å². The zero-order chi connectivity index (χ0) is 13.2. The molecule has 0 amide bonds. The van der Waals surface area contributed by atoms with Crippen molar-refractivity contribution in [3.8, 4) is 0 Å². The second-order valence-corrected chi connectivity index (χ2v) is 6.43. The van der Waals surface area contributed by atoms with Crippen molar-refractivity contribution in [1.29, 1.82) is 0 Å². The molecular formula is C14H23BrN2S. The first-order valence-corrected chi connectivity index (χ1v) is 8.48. The van der Waals surface area contributed by atoms with E-state index >= 15 is 0 Å². The Morgan fingerprint density at radius 2 is 2.28 bits per heavy atom. The molecule has 4 heteroatoms. The first-order valence-electron chi connectivity index (χ1n) is 6.70. The van der Waals surface area contributed by atoms with Crippen LogP contribution in [0.25, 0.3) is 0 Å². The van der Waals surface area contributed by atoms with Crippen molar-refractivity contribution in [2.45, 2.75) is 50.6 Å². The minimum atomic E-state index is 0.650. The predicted molar refractivity (Wildman–Crippen MR) is 84.3 cm³/mol. The second-order valence-electron chi connectivity index (χ2n) is 4.49. The van der Waals surface area contributed by atoms with E-state index in [1.807, 2.05) is 30.1 Å². The summed E-state index contributed by atoms with van der Waals surface area (Å²) in [5, 5.41) is 4.63. The van der Waals surface area contributed by atoms with Gasteiger partial charge in [-0.15, -0.1) is 11.8 Å². The van der Waals surface area contributed by atoms with E-state index in [1.54, 1.807) is 0 Å². The van der Waals surface area contributed by atoms with Crippen molar-refractivity contribution >= 4 is 27.7 Å². The maximum Gasteiger partial charge on any atom is 0.110 e. The average Bonchev–Trinajstić information content (AvgIpc) is 2.38. The summed E-state index contributed by atoms with van der Waals surface area (Å²) in [4.78, 5) is 4.36. The quantitative estimate of drug-likeness (QED) is 0.533. The normalized spacial score (nSPS) is 12.6. The molecule has 0 aliphatic rings. The predicted octanol–water partition coefficient (Wildman–Crippen LogP) is 4.49. The molecule has 2 nitrogen and oxygen atoms in total. The lowest BCUT2D eigenvalue weighted by molar-refractivity contribution is 0.496. The minimum absolute atomic E-state index is 0.650. The number of halogens is 1. The van der Waals surface area contributed by atoms with E-state index in [2.05, 4.69) is 40.1 Å². The van der Waals surface area contributed by atoms with Crippen LogP contribution in [0.15, 0.2) is 27.8 Å². The molecule has 18 heavy (non-hydrogen) atoms. The van der Waals surface area contributed by atoms with Gasteiger partial charge in [-0.05, 0) is 66.5 Å². The van der Waals surface area contributed by atoms with Gasteiger partial charge in [-0.2, -0.15) is 0 Å². The Morgan fingerprint density at radius 1 is 1.44 bits per heavy atom. The molecule has 1 rings (SSSR count). The number of hydrogen-bond acceptors (Lipinski definition) is 3. The third kappa shape index (κ3) is 6.76. The van der Waals surface area contributed by atoms with Gasteiger partial charge in [-0.1, -0.05) is 13.3 Å². The van der Waals surface area contributed by atoms with Gasteiger partial charge in [0.2, 0.25) is 0 Å². The van der Waals surface area contributed by atoms with E-state index in [9.17, 15) is 0 Å². The molecule has 1 atom stereocenters. The zero-order valence-corrected chi connectivity index (χ0v) is 13.7. The number of thioether (sulfide) groups is 1. The summed E-state index contributed by atoms with van der Waals surface area (Å²) in [5.41, 5.74) is 0. The molecule has 0 aromatic carbocycles. The summed E-state index contributed by atoms with van der Waals surface area (Å²) in [6.07, 6.45) is 6.88. The maximum absolute atomic E-state index is 4.36. The SMILES string of the molecule is CCCNC(C)CCCCSc1ncccc1Br. The Bertz CT molecular complexity index is 333. The summed E-state index contributed by atoms with van der Waals surface area (Å²) >= 11 is 5.36. The van der Waals surface area contributed by atoms with Crippen LogP contribution in [0.2, 0.25) is 0 Å². The fraction of sp³-hybridized carbons (Fsp3) is 0.643.